The minimum absolute atomic E-state index is 0.0380. The topological polar surface area (TPSA) is 522 Å². The summed E-state index contributed by atoms with van der Waals surface area (Å²) in [5.41, 5.74) is 9.98. The fourth-order valence-electron chi connectivity index (χ4n) is 15.7. The van der Waals surface area contributed by atoms with E-state index in [-0.39, 0.29) is 69.7 Å². The van der Waals surface area contributed by atoms with Crippen molar-refractivity contribution in [3.05, 3.63) is 116 Å². The van der Waals surface area contributed by atoms with E-state index in [0.29, 0.717) is 13.0 Å². The predicted octanol–water partition coefficient (Wildman–Crippen LogP) is -0.841. The average Bonchev–Trinajstić information content (AvgIpc) is 0.914. The number of fused-ring (bicyclic) bond motifs is 15. The number of hydrogen-bond donors (Lipinski definition) is 19. The maximum absolute atomic E-state index is 16.3. The largest absolute Gasteiger partial charge is 0.512 e. The van der Waals surface area contributed by atoms with Crippen molar-refractivity contribution >= 4 is 70.5 Å². The Morgan fingerprint density at radius 2 is 1.50 bits per heavy atom. The summed E-state index contributed by atoms with van der Waals surface area (Å²) in [5, 5.41) is 126. The summed E-state index contributed by atoms with van der Waals surface area (Å²) in [6.45, 7) is 9.93. The number of likely N-dealkylation sites (N-methyl/N-ethyl adjacent to an activating group) is 1. The lowest BCUT2D eigenvalue weighted by Gasteiger charge is -2.47. The minimum atomic E-state index is -2.29. The van der Waals surface area contributed by atoms with Crippen molar-refractivity contribution < 1.29 is 117 Å². The maximum Gasteiger partial charge on any atom is 0.248 e. The number of alkyl halides is 1. The van der Waals surface area contributed by atoms with Crippen LogP contribution >= 0.6 is 23.2 Å². The molecule has 0 radical (unpaired) electrons. The van der Waals surface area contributed by atoms with Crippen molar-refractivity contribution in [2.24, 2.45) is 29.2 Å². The third-order valence-corrected chi connectivity index (χ3v) is 22.8. The second-order valence-electron chi connectivity index (χ2n) is 30.9. The van der Waals surface area contributed by atoms with Gasteiger partial charge in [0.15, 0.2) is 23.9 Å². The number of amides is 8. The minimum Gasteiger partial charge on any atom is -0.512 e. The number of nitrogens with one attached hydrogen (secondary N) is 8. The predicted molar refractivity (Wildman–Crippen MR) is 395 cm³/mol. The molecule has 34 nitrogen and oxygen atoms in total. The molecule has 8 heterocycles. The number of allylic oxidation sites excluding steroid dienone is 6. The van der Waals surface area contributed by atoms with Gasteiger partial charge in [-0.2, -0.15) is 0 Å². The Hall–Kier alpha value is -8.30. The molecule has 0 spiro atoms. The van der Waals surface area contributed by atoms with Gasteiger partial charge >= 0.3 is 0 Å². The van der Waals surface area contributed by atoms with Gasteiger partial charge in [-0.1, -0.05) is 50.6 Å². The fraction of sp³-hybridized carbons (Fsp3) is 0.573. The van der Waals surface area contributed by atoms with E-state index in [0.717, 1.165) is 54.7 Å². The fourth-order valence-corrected chi connectivity index (χ4v) is 16.2. The molecular formula is C75H100Cl2N11O23+. The van der Waals surface area contributed by atoms with Gasteiger partial charge in [-0.3, -0.25) is 38.4 Å². The Morgan fingerprint density at radius 1 is 0.811 bits per heavy atom. The number of ether oxygens (including phenoxy) is 6. The zero-order valence-corrected chi connectivity index (χ0v) is 63.8. The highest BCUT2D eigenvalue weighted by molar-refractivity contribution is 6.32. The molecular weight excluding hydrogens is 1490 g/mol. The van der Waals surface area contributed by atoms with Crippen molar-refractivity contribution in [3.8, 4) is 23.0 Å². The first-order valence-electron chi connectivity index (χ1n) is 37.1. The zero-order valence-electron chi connectivity index (χ0n) is 62.3. The molecule has 4 fully saturated rings. The summed E-state index contributed by atoms with van der Waals surface area (Å²) in [5.74, 6) is -15.2. The molecule has 13 rings (SSSR count). The lowest BCUT2D eigenvalue weighted by atomic mass is 9.75. The van der Waals surface area contributed by atoms with Gasteiger partial charge in [0.25, 0.3) is 0 Å². The molecule has 8 aliphatic heterocycles. The number of likely N-dealkylation sites (tertiary alicyclic amines) is 1. The average molecular weight is 1590 g/mol. The number of halogens is 2. The summed E-state index contributed by atoms with van der Waals surface area (Å²) in [4.78, 5) is 121. The number of carbonyl (C=O) groups excluding carboxylic acids is 8. The molecule has 0 saturated carbocycles. The van der Waals surface area contributed by atoms with E-state index in [9.17, 15) is 65.1 Å². The highest BCUT2D eigenvalue weighted by Crippen LogP contribution is 2.49. The molecule has 10 unspecified atom stereocenters. The maximum atomic E-state index is 16.3. The van der Waals surface area contributed by atoms with Crippen LogP contribution in [0.25, 0.3) is 0 Å². The Labute approximate surface area is 649 Å². The summed E-state index contributed by atoms with van der Waals surface area (Å²) >= 11 is 14.6. The highest BCUT2D eigenvalue weighted by Gasteiger charge is 2.53. The highest BCUT2D eigenvalue weighted by atomic mass is 35.5. The van der Waals surface area contributed by atoms with Crippen LogP contribution in [0.4, 0.5) is 0 Å². The van der Waals surface area contributed by atoms with Crippen LogP contribution in [0.15, 0.2) is 100 Å². The van der Waals surface area contributed by atoms with E-state index in [1.807, 2.05) is 13.8 Å². The van der Waals surface area contributed by atoms with Crippen molar-refractivity contribution in [2.45, 2.75) is 207 Å². The van der Waals surface area contributed by atoms with Crippen LogP contribution < -0.4 is 68.2 Å². The molecule has 0 aromatic heterocycles. The van der Waals surface area contributed by atoms with Gasteiger partial charge in [0.1, 0.15) is 84.0 Å². The number of carbonyl (C=O) groups is 8. The number of nitrogens with zero attached hydrogens (tertiary/aromatic N) is 1. The van der Waals surface area contributed by atoms with Crippen LogP contribution in [0.2, 0.25) is 5.02 Å². The van der Waals surface area contributed by atoms with Crippen molar-refractivity contribution in [1.29, 1.82) is 0 Å². The molecule has 11 bridgehead atoms. The number of aliphatic hydroxyl groups is 9. The third-order valence-electron chi connectivity index (χ3n) is 22.0. The standard InChI is InChI=1S/C75H99Cl2N11O23/c1-31(2)21-42(80-6)67(99)86-58-60(94)35-12-15-46(41(76)23-35)107-48-24-36-25-49(64(48)111-74-65(63(97)62(96)50(30-89)109-74)110-52-29-75(5,79)66(98)33(4)106-52)108-47-16-13-38(32(3)54(47)77)61(95)59-73(105)85-57(69(101)81-17-10-20-88(7)18-8-9-19-88)40-26-37(90)27-45(92)53(40)39-22-34(11-14-44(39)91)55(70(102)87-59)84-71(103)56(36)83-68(100)43(28-51(78)93)82-72(58)104/h11-16,23-26,31-33,37,39,42-43,50,52,54-63,65-66,74,80,89-90,94-98H,8-10,17-22,27-30,79H2,1-7H3,(H10-,78,81,82,83,84,85,86,87,91,92,93,99,100,101,102,103,104,105)/p+1/t32?,33?,37?,39?,42-,43+,50?,52+,54?,55?,56-,57+,58-,59+,60-,61-,62?,63+,65?,66-,74-,75?/m1/s1. The molecule has 4 saturated heterocycles. The second kappa shape index (κ2) is 34.6. The Kier molecular flexibility index (Phi) is 26.1. The number of benzene rings is 2. The van der Waals surface area contributed by atoms with Crippen LogP contribution in [0, 0.1) is 17.8 Å². The van der Waals surface area contributed by atoms with Gasteiger partial charge in [-0.25, -0.2) is 0 Å². The van der Waals surface area contributed by atoms with Crippen LogP contribution in [0.5, 0.6) is 23.0 Å². The SMILES string of the molecule is CN[C@H](CC(C)C)C(=O)N[C@H]1C(=O)N[C@@H](CC(N)=O)C(=O)N[C@H]2C(=O)NC3C(=O)N[C@H](C(=O)N[C@H](C(=O)NCCC[N+]4(C)CCCC4)C4=CC(O)CC(O)=C4C4CC3=CC=C4O)[C@H](O)C3=CC=C(Oc4cc2cc(c4O[C@H]2OC(CO)C(O)[C@H](O)C2O[C@H]2CC(C)(N)[C@H](O)C(C)O2)Oc2ccc(cc2Cl)[C@H]1O)C(Cl)C3C. The van der Waals surface area contributed by atoms with E-state index in [1.54, 1.807) is 0 Å². The van der Waals surface area contributed by atoms with Gasteiger partial charge in [-0.05, 0) is 110 Å². The van der Waals surface area contributed by atoms with Gasteiger partial charge in [0, 0.05) is 61.6 Å². The zero-order chi connectivity index (χ0) is 80.6. The number of hydrogen-bond acceptors (Lipinski definition) is 25. The Balaban J connectivity index is 1.12. The second-order valence-corrected chi connectivity index (χ2v) is 31.8. The van der Waals surface area contributed by atoms with Crippen LogP contribution in [0.3, 0.4) is 0 Å². The molecule has 2 aromatic rings. The molecule has 111 heavy (non-hydrogen) atoms. The molecule has 2 aromatic carbocycles. The number of primary amides is 1. The van der Waals surface area contributed by atoms with Gasteiger partial charge in [0.2, 0.25) is 59.3 Å². The lowest BCUT2D eigenvalue weighted by Crippen LogP contribution is -2.64. The monoisotopic (exact) mass is 1590 g/mol. The lowest BCUT2D eigenvalue weighted by molar-refractivity contribution is -0.897. The van der Waals surface area contributed by atoms with E-state index in [2.05, 4.69) is 49.6 Å². The molecule has 22 atom stereocenters. The number of rotatable bonds is 17. The van der Waals surface area contributed by atoms with Crippen molar-refractivity contribution in [1.82, 2.24) is 42.5 Å². The van der Waals surface area contributed by atoms with E-state index < -0.39 is 240 Å². The molecule has 3 aliphatic carbocycles. The summed E-state index contributed by atoms with van der Waals surface area (Å²) in [6.07, 6.45) is -11.9. The first-order valence-corrected chi connectivity index (χ1v) is 37.9. The summed E-state index contributed by atoms with van der Waals surface area (Å²) < 4.78 is 39.8. The number of quaternary nitrogens is 1. The Morgan fingerprint density at radius 3 is 2.17 bits per heavy atom. The van der Waals surface area contributed by atoms with Crippen molar-refractivity contribution in [2.75, 3.05) is 46.9 Å². The van der Waals surface area contributed by atoms with E-state index in [1.165, 1.54) is 64.3 Å². The van der Waals surface area contributed by atoms with E-state index >= 15 is 19.2 Å². The smallest absolute Gasteiger partial charge is 0.248 e. The van der Waals surface area contributed by atoms with Crippen LogP contribution in [-0.4, -0.2) is 253 Å². The first-order chi connectivity index (χ1) is 52.5. The first kappa shape index (κ1) is 83.6. The van der Waals surface area contributed by atoms with Gasteiger partial charge in [0.05, 0.1) is 80.2 Å². The van der Waals surface area contributed by atoms with Crippen LogP contribution in [-0.2, 0) is 52.6 Å². The molecule has 36 heteroatoms. The quantitative estimate of drug-likeness (QED) is 0.0521. The van der Waals surface area contributed by atoms with Gasteiger partial charge < -0.3 is 133 Å². The molecule has 8 amide bonds. The third kappa shape index (κ3) is 18.4. The van der Waals surface area contributed by atoms with Crippen LogP contribution in [0.1, 0.15) is 109 Å². The molecule has 11 aliphatic rings. The Bertz CT molecular complexity index is 4130. The number of aliphatic hydroxyl groups excluding tert-OH is 9. The van der Waals surface area contributed by atoms with Gasteiger partial charge in [-0.15, -0.1) is 11.6 Å². The van der Waals surface area contributed by atoms with E-state index in [4.69, 9.17) is 63.1 Å². The van der Waals surface area contributed by atoms with Crippen molar-refractivity contribution in [3.63, 3.8) is 0 Å². The summed E-state index contributed by atoms with van der Waals surface area (Å²) in [6, 6.07) is -7.60. The number of nitrogens with two attached hydrogens (primary N) is 2. The summed E-state index contributed by atoms with van der Waals surface area (Å²) in [7, 11) is 3.60. The molecule has 21 N–H and O–H groups in total. The normalized spacial score (nSPS) is 34.1. The molecule has 606 valence electrons.